The third-order valence-corrected chi connectivity index (χ3v) is 5.46. The first kappa shape index (κ1) is 14.3. The first-order valence-electron chi connectivity index (χ1n) is 6.51. The molecule has 0 bridgehead atoms. The average molecular weight is 325 g/mol. The van der Waals surface area contributed by atoms with Gasteiger partial charge in [0.25, 0.3) is 5.91 Å². The molecule has 110 valence electrons. The Hall–Kier alpha value is -1.66. The number of hydrogen-bond acceptors (Lipinski definition) is 4. The van der Waals surface area contributed by atoms with E-state index in [-0.39, 0.29) is 28.6 Å². The van der Waals surface area contributed by atoms with Crippen molar-refractivity contribution in [3.63, 3.8) is 0 Å². The van der Waals surface area contributed by atoms with Crippen LogP contribution >= 0.6 is 11.6 Å². The van der Waals surface area contributed by atoms with Crippen molar-refractivity contribution in [2.75, 3.05) is 11.5 Å². The summed E-state index contributed by atoms with van der Waals surface area (Å²) in [5.74, 6) is -0.205. The minimum atomic E-state index is -3.03. The van der Waals surface area contributed by atoms with Crippen molar-refractivity contribution in [2.45, 2.75) is 12.5 Å². The maximum Gasteiger partial charge on any atom is 0.252 e. The lowest BCUT2D eigenvalue weighted by molar-refractivity contribution is 0.0942. The van der Waals surface area contributed by atoms with Gasteiger partial charge in [-0.15, -0.1) is 0 Å². The fourth-order valence-corrected chi connectivity index (χ4v) is 4.38. The van der Waals surface area contributed by atoms with Crippen LogP contribution < -0.4 is 5.32 Å². The molecule has 0 radical (unpaired) electrons. The summed E-state index contributed by atoms with van der Waals surface area (Å²) in [5, 5.41) is 3.69. The van der Waals surface area contributed by atoms with Crippen molar-refractivity contribution in [1.29, 1.82) is 0 Å². The maximum atomic E-state index is 12.4. The van der Waals surface area contributed by atoms with Crippen LogP contribution in [-0.2, 0) is 9.84 Å². The number of sulfone groups is 1. The topological polar surface area (TPSA) is 76.1 Å². The number of rotatable bonds is 2. The molecule has 21 heavy (non-hydrogen) atoms. The van der Waals surface area contributed by atoms with Crippen molar-refractivity contribution in [3.05, 3.63) is 41.0 Å². The largest absolute Gasteiger partial charge is 0.348 e. The number of amides is 1. The molecule has 7 heteroatoms. The van der Waals surface area contributed by atoms with Crippen LogP contribution in [0.4, 0.5) is 0 Å². The zero-order valence-electron chi connectivity index (χ0n) is 11.0. The number of halogens is 1. The van der Waals surface area contributed by atoms with E-state index in [0.29, 0.717) is 22.9 Å². The first-order valence-corrected chi connectivity index (χ1v) is 8.71. The molecule has 1 aromatic carbocycles. The monoisotopic (exact) mass is 324 g/mol. The molecule has 0 saturated carbocycles. The summed E-state index contributed by atoms with van der Waals surface area (Å²) >= 11 is 5.94. The van der Waals surface area contributed by atoms with Gasteiger partial charge in [-0.3, -0.25) is 4.79 Å². The van der Waals surface area contributed by atoms with Crippen LogP contribution in [0.15, 0.2) is 30.3 Å². The molecule has 1 fully saturated rings. The lowest BCUT2D eigenvalue weighted by Gasteiger charge is -2.12. The molecule has 3 rings (SSSR count). The Bertz CT molecular complexity index is 820. The van der Waals surface area contributed by atoms with Gasteiger partial charge in [0.1, 0.15) is 5.15 Å². The molecule has 1 amide bonds. The summed E-state index contributed by atoms with van der Waals surface area (Å²) in [4.78, 5) is 16.5. The van der Waals surface area contributed by atoms with E-state index >= 15 is 0 Å². The summed E-state index contributed by atoms with van der Waals surface area (Å²) in [5.41, 5.74) is 1.05. The Morgan fingerprint density at radius 2 is 2.10 bits per heavy atom. The van der Waals surface area contributed by atoms with Gasteiger partial charge in [-0.25, -0.2) is 13.4 Å². The second kappa shape index (κ2) is 5.27. The molecule has 1 aliphatic rings. The highest BCUT2D eigenvalue weighted by Crippen LogP contribution is 2.21. The first-order chi connectivity index (χ1) is 9.94. The van der Waals surface area contributed by atoms with Crippen LogP contribution in [0.25, 0.3) is 10.9 Å². The molecule has 2 aromatic rings. The van der Waals surface area contributed by atoms with E-state index in [9.17, 15) is 13.2 Å². The van der Waals surface area contributed by atoms with E-state index in [1.165, 1.54) is 6.07 Å². The number of para-hydroxylation sites is 1. The molecule has 1 saturated heterocycles. The number of nitrogens with zero attached hydrogens (tertiary/aromatic N) is 1. The van der Waals surface area contributed by atoms with Crippen LogP contribution in [0.1, 0.15) is 16.8 Å². The molecule has 1 N–H and O–H groups in total. The maximum absolute atomic E-state index is 12.4. The molecule has 1 aliphatic heterocycles. The van der Waals surface area contributed by atoms with Gasteiger partial charge in [0.15, 0.2) is 9.84 Å². The van der Waals surface area contributed by atoms with E-state index < -0.39 is 9.84 Å². The Labute approximate surface area is 127 Å². The van der Waals surface area contributed by atoms with Gasteiger partial charge in [-0.2, -0.15) is 0 Å². The Morgan fingerprint density at radius 1 is 1.33 bits per heavy atom. The Morgan fingerprint density at radius 3 is 2.81 bits per heavy atom. The van der Waals surface area contributed by atoms with E-state index in [1.54, 1.807) is 12.1 Å². The molecule has 0 aliphatic carbocycles. The second-order valence-electron chi connectivity index (χ2n) is 5.08. The smallest absolute Gasteiger partial charge is 0.252 e. The number of carbonyl (C=O) groups excluding carboxylic acids is 1. The van der Waals surface area contributed by atoms with Crippen LogP contribution in [0.5, 0.6) is 0 Å². The van der Waals surface area contributed by atoms with Crippen LogP contribution in [0.3, 0.4) is 0 Å². The SMILES string of the molecule is O=C(NC1CCS(=O)(=O)C1)c1cc(Cl)nc2ccccc12. The fraction of sp³-hybridized carbons (Fsp3) is 0.286. The summed E-state index contributed by atoms with van der Waals surface area (Å²) < 4.78 is 22.9. The number of aromatic nitrogens is 1. The Kier molecular flexibility index (Phi) is 3.59. The molecule has 1 unspecified atom stereocenters. The van der Waals surface area contributed by atoms with Gasteiger partial charge in [-0.05, 0) is 18.6 Å². The molecular formula is C14H13ClN2O3S. The van der Waals surface area contributed by atoms with Crippen molar-refractivity contribution in [1.82, 2.24) is 10.3 Å². The van der Waals surface area contributed by atoms with E-state index in [1.807, 2.05) is 12.1 Å². The molecular weight excluding hydrogens is 312 g/mol. The van der Waals surface area contributed by atoms with Crippen molar-refractivity contribution in [3.8, 4) is 0 Å². The average Bonchev–Trinajstić information content (AvgIpc) is 2.76. The number of carbonyl (C=O) groups is 1. The molecule has 1 atom stereocenters. The van der Waals surface area contributed by atoms with Gasteiger partial charge in [0.2, 0.25) is 0 Å². The normalized spacial score (nSPS) is 20.5. The minimum absolute atomic E-state index is 0.00448. The van der Waals surface area contributed by atoms with Crippen molar-refractivity contribution >= 4 is 38.2 Å². The second-order valence-corrected chi connectivity index (χ2v) is 7.70. The lowest BCUT2D eigenvalue weighted by Crippen LogP contribution is -2.35. The van der Waals surface area contributed by atoms with E-state index in [0.717, 1.165) is 0 Å². The predicted molar refractivity (Wildman–Crippen MR) is 81.3 cm³/mol. The number of benzene rings is 1. The van der Waals surface area contributed by atoms with Gasteiger partial charge in [0.05, 0.1) is 22.6 Å². The summed E-state index contributed by atoms with van der Waals surface area (Å²) in [7, 11) is -3.03. The van der Waals surface area contributed by atoms with Crippen molar-refractivity contribution in [2.24, 2.45) is 0 Å². The summed E-state index contributed by atoms with van der Waals surface area (Å²) in [6, 6.07) is 8.36. The van der Waals surface area contributed by atoms with E-state index in [4.69, 9.17) is 11.6 Å². The summed E-state index contributed by atoms with van der Waals surface area (Å²) in [6.07, 6.45) is 0.449. The molecule has 2 heterocycles. The van der Waals surface area contributed by atoms with Crippen LogP contribution in [0.2, 0.25) is 5.15 Å². The Balaban J connectivity index is 1.91. The number of hydrogen-bond donors (Lipinski definition) is 1. The number of nitrogens with one attached hydrogen (secondary N) is 1. The molecule has 5 nitrogen and oxygen atoms in total. The zero-order chi connectivity index (χ0) is 15.0. The number of pyridine rings is 1. The van der Waals surface area contributed by atoms with Gasteiger partial charge >= 0.3 is 0 Å². The quantitative estimate of drug-likeness (QED) is 0.855. The highest BCUT2D eigenvalue weighted by Gasteiger charge is 2.29. The van der Waals surface area contributed by atoms with Crippen LogP contribution in [0, 0.1) is 0 Å². The van der Waals surface area contributed by atoms with E-state index in [2.05, 4.69) is 10.3 Å². The highest BCUT2D eigenvalue weighted by atomic mass is 35.5. The van der Waals surface area contributed by atoms with Crippen LogP contribution in [-0.4, -0.2) is 36.9 Å². The fourth-order valence-electron chi connectivity index (χ4n) is 2.50. The third kappa shape index (κ3) is 3.01. The zero-order valence-corrected chi connectivity index (χ0v) is 12.6. The number of fused-ring (bicyclic) bond motifs is 1. The predicted octanol–water partition coefficient (Wildman–Crippen LogP) is 1.81. The third-order valence-electron chi connectivity index (χ3n) is 3.50. The molecule has 0 spiro atoms. The highest BCUT2D eigenvalue weighted by molar-refractivity contribution is 7.91. The van der Waals surface area contributed by atoms with Gasteiger partial charge in [0, 0.05) is 11.4 Å². The summed E-state index contributed by atoms with van der Waals surface area (Å²) in [6.45, 7) is 0. The molecule has 1 aromatic heterocycles. The van der Waals surface area contributed by atoms with Gasteiger partial charge < -0.3 is 5.32 Å². The van der Waals surface area contributed by atoms with Crippen molar-refractivity contribution < 1.29 is 13.2 Å². The standard InChI is InChI=1S/C14H13ClN2O3S/c15-13-7-11(10-3-1-2-4-12(10)17-13)14(18)16-9-5-6-21(19,20)8-9/h1-4,7,9H,5-6,8H2,(H,16,18). The van der Waals surface area contributed by atoms with Gasteiger partial charge in [-0.1, -0.05) is 29.8 Å². The lowest BCUT2D eigenvalue weighted by atomic mass is 10.1. The minimum Gasteiger partial charge on any atom is -0.348 e.